The number of pyridine rings is 2. The van der Waals surface area contributed by atoms with Gasteiger partial charge >= 0.3 is 0 Å². The number of carbonyl (C=O) groups excluding carboxylic acids is 1. The minimum absolute atomic E-state index is 0.0328. The summed E-state index contributed by atoms with van der Waals surface area (Å²) in [6.07, 6.45) is 5.71. The highest BCUT2D eigenvalue weighted by atomic mass is 16.1. The highest BCUT2D eigenvalue weighted by molar-refractivity contribution is 5.96. The maximum atomic E-state index is 12.9. The second-order valence-corrected chi connectivity index (χ2v) is 7.47. The van der Waals surface area contributed by atoms with E-state index in [2.05, 4.69) is 33.2 Å². The van der Waals surface area contributed by atoms with Crippen LogP contribution in [0.4, 0.5) is 11.5 Å². The number of nitrogens with zero attached hydrogens (tertiary/aromatic N) is 3. The summed E-state index contributed by atoms with van der Waals surface area (Å²) in [7, 11) is 0. The summed E-state index contributed by atoms with van der Waals surface area (Å²) in [6.45, 7) is 6.04. The molecule has 144 valence electrons. The molecule has 1 N–H and O–H groups in total. The Bertz CT molecular complexity index is 1010. The number of nitrogens with one attached hydrogen (secondary N) is 1. The zero-order chi connectivity index (χ0) is 19.5. The van der Waals surface area contributed by atoms with Crippen LogP contribution < -0.4 is 10.2 Å². The van der Waals surface area contributed by atoms with Gasteiger partial charge in [-0.05, 0) is 62.4 Å². The average molecular weight is 374 g/mol. The number of amides is 1. The minimum Gasteiger partial charge on any atom is -0.355 e. The molecule has 1 aromatic carbocycles. The Balaban J connectivity index is 1.57. The van der Waals surface area contributed by atoms with Crippen molar-refractivity contribution in [3.8, 4) is 0 Å². The highest BCUT2D eigenvalue weighted by Gasteiger charge is 2.18. The van der Waals surface area contributed by atoms with Gasteiger partial charge in [0.25, 0.3) is 0 Å². The van der Waals surface area contributed by atoms with Crippen molar-refractivity contribution in [2.75, 3.05) is 23.3 Å². The molecule has 0 atom stereocenters. The van der Waals surface area contributed by atoms with E-state index in [4.69, 9.17) is 0 Å². The van der Waals surface area contributed by atoms with Crippen molar-refractivity contribution < 1.29 is 4.79 Å². The molecule has 3 heterocycles. The zero-order valence-electron chi connectivity index (χ0n) is 16.5. The van der Waals surface area contributed by atoms with Crippen molar-refractivity contribution in [1.29, 1.82) is 0 Å². The average Bonchev–Trinajstić information content (AvgIpc) is 2.72. The van der Waals surface area contributed by atoms with Gasteiger partial charge in [-0.3, -0.25) is 9.78 Å². The van der Waals surface area contributed by atoms with Gasteiger partial charge in [-0.2, -0.15) is 0 Å². The van der Waals surface area contributed by atoms with Gasteiger partial charge in [0.2, 0.25) is 5.91 Å². The zero-order valence-corrected chi connectivity index (χ0v) is 16.5. The molecular formula is C23H26N4O. The molecule has 1 saturated heterocycles. The molecule has 0 saturated carbocycles. The number of benzene rings is 1. The standard InChI is InChI=1S/C23H26N4O/c1-16-18-9-4-5-10-20(18)25-17(2)19(16)15-22(28)26-21-11-8-12-24-23(21)27-13-6-3-7-14-27/h4-5,8-12H,3,6-7,13-15H2,1-2H3,(H,26,28). The second-order valence-electron chi connectivity index (χ2n) is 7.47. The van der Waals surface area contributed by atoms with Gasteiger partial charge in [0, 0.05) is 30.4 Å². The molecule has 1 fully saturated rings. The number of aromatic nitrogens is 2. The van der Waals surface area contributed by atoms with Crippen LogP contribution in [0.15, 0.2) is 42.6 Å². The first-order valence-corrected chi connectivity index (χ1v) is 9.98. The van der Waals surface area contributed by atoms with E-state index < -0.39 is 0 Å². The molecule has 4 rings (SSSR count). The van der Waals surface area contributed by atoms with Gasteiger partial charge in [0.05, 0.1) is 17.6 Å². The molecular weight excluding hydrogens is 348 g/mol. The molecule has 1 aliphatic rings. The van der Waals surface area contributed by atoms with Crippen molar-refractivity contribution in [2.24, 2.45) is 0 Å². The fraction of sp³-hybridized carbons (Fsp3) is 0.348. The van der Waals surface area contributed by atoms with Gasteiger partial charge in [0.15, 0.2) is 5.82 Å². The maximum Gasteiger partial charge on any atom is 0.228 e. The lowest BCUT2D eigenvalue weighted by Gasteiger charge is -2.29. The monoisotopic (exact) mass is 374 g/mol. The first kappa shape index (κ1) is 18.4. The lowest BCUT2D eigenvalue weighted by Crippen LogP contribution is -2.31. The van der Waals surface area contributed by atoms with Crippen LogP contribution in [-0.4, -0.2) is 29.0 Å². The number of piperidine rings is 1. The van der Waals surface area contributed by atoms with Crippen LogP contribution >= 0.6 is 0 Å². The van der Waals surface area contributed by atoms with E-state index in [9.17, 15) is 4.79 Å². The molecule has 1 aliphatic heterocycles. The van der Waals surface area contributed by atoms with Gasteiger partial charge in [-0.15, -0.1) is 0 Å². The Kier molecular flexibility index (Phi) is 5.24. The Labute approximate surface area is 165 Å². The van der Waals surface area contributed by atoms with Gasteiger partial charge in [-0.25, -0.2) is 4.98 Å². The Morgan fingerprint density at radius 3 is 2.68 bits per heavy atom. The summed E-state index contributed by atoms with van der Waals surface area (Å²) in [5, 5.41) is 4.19. The fourth-order valence-corrected chi connectivity index (χ4v) is 4.04. The molecule has 3 aromatic rings. The molecule has 28 heavy (non-hydrogen) atoms. The predicted octanol–water partition coefficient (Wildman–Crippen LogP) is 4.42. The van der Waals surface area contributed by atoms with Crippen molar-refractivity contribution in [3.63, 3.8) is 0 Å². The van der Waals surface area contributed by atoms with Crippen molar-refractivity contribution in [3.05, 3.63) is 59.4 Å². The molecule has 5 nitrogen and oxygen atoms in total. The van der Waals surface area contributed by atoms with Crippen LogP contribution in [0.5, 0.6) is 0 Å². The van der Waals surface area contributed by atoms with Crippen LogP contribution in [0.3, 0.4) is 0 Å². The fourth-order valence-electron chi connectivity index (χ4n) is 4.04. The van der Waals surface area contributed by atoms with Gasteiger partial charge in [-0.1, -0.05) is 18.2 Å². The molecule has 0 unspecified atom stereocenters. The molecule has 0 bridgehead atoms. The third-order valence-electron chi connectivity index (χ3n) is 5.54. The largest absolute Gasteiger partial charge is 0.355 e. The molecule has 2 aromatic heterocycles. The number of hydrogen-bond donors (Lipinski definition) is 1. The van der Waals surface area contributed by atoms with Crippen molar-refractivity contribution >= 4 is 28.3 Å². The van der Waals surface area contributed by atoms with E-state index >= 15 is 0 Å². The third kappa shape index (κ3) is 3.70. The summed E-state index contributed by atoms with van der Waals surface area (Å²) < 4.78 is 0. The summed E-state index contributed by atoms with van der Waals surface area (Å²) in [5.41, 5.74) is 4.80. The predicted molar refractivity (Wildman–Crippen MR) is 114 cm³/mol. The molecule has 0 spiro atoms. The summed E-state index contributed by atoms with van der Waals surface area (Å²) in [6, 6.07) is 11.9. The van der Waals surface area contributed by atoms with E-state index in [1.165, 1.54) is 19.3 Å². The third-order valence-corrected chi connectivity index (χ3v) is 5.54. The smallest absolute Gasteiger partial charge is 0.228 e. The van der Waals surface area contributed by atoms with Crippen molar-refractivity contribution in [2.45, 2.75) is 39.5 Å². The van der Waals surface area contributed by atoms with Crippen LogP contribution in [0, 0.1) is 13.8 Å². The van der Waals surface area contributed by atoms with Gasteiger partial charge < -0.3 is 10.2 Å². The maximum absolute atomic E-state index is 12.9. The number of aryl methyl sites for hydroxylation is 2. The normalized spacial score (nSPS) is 14.3. The first-order chi connectivity index (χ1) is 13.6. The van der Waals surface area contributed by atoms with Crippen LogP contribution in [0.25, 0.3) is 10.9 Å². The number of hydrogen-bond acceptors (Lipinski definition) is 4. The van der Waals surface area contributed by atoms with Crippen LogP contribution in [0.2, 0.25) is 0 Å². The van der Waals surface area contributed by atoms with E-state index in [1.54, 1.807) is 6.20 Å². The SMILES string of the molecule is Cc1nc2ccccc2c(C)c1CC(=O)Nc1cccnc1N1CCCCC1. The van der Waals surface area contributed by atoms with Gasteiger partial charge in [0.1, 0.15) is 0 Å². The van der Waals surface area contributed by atoms with E-state index in [1.807, 2.05) is 37.3 Å². The van der Waals surface area contributed by atoms with E-state index in [0.717, 1.165) is 52.3 Å². The van der Waals surface area contributed by atoms with Crippen molar-refractivity contribution in [1.82, 2.24) is 9.97 Å². The lowest BCUT2D eigenvalue weighted by atomic mass is 9.99. The quantitative estimate of drug-likeness (QED) is 0.734. The number of fused-ring (bicyclic) bond motifs is 1. The topological polar surface area (TPSA) is 58.1 Å². The van der Waals surface area contributed by atoms with E-state index in [0.29, 0.717) is 6.42 Å². The second kappa shape index (κ2) is 7.97. The number of anilines is 2. The summed E-state index contributed by atoms with van der Waals surface area (Å²) >= 11 is 0. The summed E-state index contributed by atoms with van der Waals surface area (Å²) in [4.78, 5) is 24.4. The minimum atomic E-state index is -0.0328. The lowest BCUT2D eigenvalue weighted by molar-refractivity contribution is -0.115. The Morgan fingerprint density at radius 1 is 1.07 bits per heavy atom. The van der Waals surface area contributed by atoms with Crippen LogP contribution in [0.1, 0.15) is 36.1 Å². The highest BCUT2D eigenvalue weighted by Crippen LogP contribution is 2.27. The number of rotatable bonds is 4. The Morgan fingerprint density at radius 2 is 1.86 bits per heavy atom. The number of para-hydroxylation sites is 1. The first-order valence-electron chi connectivity index (χ1n) is 9.98. The summed E-state index contributed by atoms with van der Waals surface area (Å²) in [5.74, 6) is 0.843. The molecule has 0 radical (unpaired) electrons. The molecule has 0 aliphatic carbocycles. The van der Waals surface area contributed by atoms with E-state index in [-0.39, 0.29) is 5.91 Å². The molecule has 5 heteroatoms. The number of carbonyl (C=O) groups is 1. The Hall–Kier alpha value is -2.95. The molecule has 1 amide bonds. The van der Waals surface area contributed by atoms with Crippen LogP contribution in [-0.2, 0) is 11.2 Å².